The second-order valence-electron chi connectivity index (χ2n) is 4.24. The van der Waals surface area contributed by atoms with Gasteiger partial charge in [0.1, 0.15) is 0 Å². The van der Waals surface area contributed by atoms with Gasteiger partial charge in [0.2, 0.25) is 0 Å². The van der Waals surface area contributed by atoms with Crippen LogP contribution in [-0.4, -0.2) is 11.7 Å². The van der Waals surface area contributed by atoms with Gasteiger partial charge < -0.3 is 5.11 Å². The van der Waals surface area contributed by atoms with Gasteiger partial charge in [-0.3, -0.25) is 0 Å². The molecule has 12 heavy (non-hydrogen) atoms. The van der Waals surface area contributed by atoms with Crippen LogP contribution < -0.4 is 0 Å². The quantitative estimate of drug-likeness (QED) is 0.687. The van der Waals surface area contributed by atoms with Crippen molar-refractivity contribution < 1.29 is 5.11 Å². The lowest BCUT2D eigenvalue weighted by Crippen LogP contribution is -2.30. The van der Waals surface area contributed by atoms with Crippen LogP contribution in [0.25, 0.3) is 0 Å². The molecule has 1 aliphatic carbocycles. The minimum absolute atomic E-state index is 0.309. The lowest BCUT2D eigenvalue weighted by atomic mass is 9.72. The highest BCUT2D eigenvalue weighted by molar-refractivity contribution is 4.89. The first-order valence-corrected chi connectivity index (χ1v) is 5.40. The average molecular weight is 170 g/mol. The van der Waals surface area contributed by atoms with E-state index in [1.165, 1.54) is 38.5 Å². The van der Waals surface area contributed by atoms with E-state index < -0.39 is 0 Å². The third-order valence-corrected chi connectivity index (χ3v) is 3.77. The van der Waals surface area contributed by atoms with Gasteiger partial charge in [-0.05, 0) is 24.2 Å². The molecule has 1 heteroatoms. The summed E-state index contributed by atoms with van der Waals surface area (Å²) in [4.78, 5) is 0. The lowest BCUT2D eigenvalue weighted by Gasteiger charge is -2.34. The molecule has 1 fully saturated rings. The van der Waals surface area contributed by atoms with Gasteiger partial charge in [-0.15, -0.1) is 0 Å². The van der Waals surface area contributed by atoms with Gasteiger partial charge in [-0.2, -0.15) is 0 Å². The molecule has 0 aromatic heterocycles. The van der Waals surface area contributed by atoms with E-state index in [4.69, 9.17) is 0 Å². The summed E-state index contributed by atoms with van der Waals surface area (Å²) in [6.45, 7) is 4.92. The third kappa shape index (κ3) is 1.66. The van der Waals surface area contributed by atoms with Crippen molar-refractivity contribution in [2.24, 2.45) is 11.3 Å². The SMILES string of the molecule is CCC(CC)C1(CO)CCCC1. The van der Waals surface area contributed by atoms with Crippen LogP contribution in [0.3, 0.4) is 0 Å². The molecule has 0 heterocycles. The molecule has 0 bridgehead atoms. The Labute approximate surface area is 76.2 Å². The van der Waals surface area contributed by atoms with Crippen LogP contribution in [0.15, 0.2) is 0 Å². The first kappa shape index (κ1) is 10.0. The summed E-state index contributed by atoms with van der Waals surface area (Å²) >= 11 is 0. The van der Waals surface area contributed by atoms with Crippen LogP contribution in [0, 0.1) is 11.3 Å². The highest BCUT2D eigenvalue weighted by atomic mass is 16.3. The van der Waals surface area contributed by atoms with Crippen molar-refractivity contribution in [3.8, 4) is 0 Å². The number of aliphatic hydroxyl groups excluding tert-OH is 1. The molecule has 1 aliphatic rings. The van der Waals surface area contributed by atoms with Crippen LogP contribution in [0.4, 0.5) is 0 Å². The molecule has 1 nitrogen and oxygen atoms in total. The maximum absolute atomic E-state index is 9.45. The Morgan fingerprint density at radius 1 is 1.17 bits per heavy atom. The van der Waals surface area contributed by atoms with Gasteiger partial charge in [-0.1, -0.05) is 39.5 Å². The Hall–Kier alpha value is -0.0400. The molecule has 0 unspecified atom stereocenters. The zero-order valence-corrected chi connectivity index (χ0v) is 8.47. The van der Waals surface area contributed by atoms with Gasteiger partial charge in [-0.25, -0.2) is 0 Å². The van der Waals surface area contributed by atoms with Crippen LogP contribution in [-0.2, 0) is 0 Å². The highest BCUT2D eigenvalue weighted by Gasteiger charge is 2.38. The molecule has 1 saturated carbocycles. The maximum atomic E-state index is 9.45. The van der Waals surface area contributed by atoms with Crippen molar-refractivity contribution in [2.45, 2.75) is 52.4 Å². The third-order valence-electron chi connectivity index (χ3n) is 3.77. The first-order valence-electron chi connectivity index (χ1n) is 5.40. The molecule has 0 amide bonds. The zero-order chi connectivity index (χ0) is 9.03. The van der Waals surface area contributed by atoms with Crippen LogP contribution in [0.5, 0.6) is 0 Å². The molecule has 0 aromatic rings. The van der Waals surface area contributed by atoms with Gasteiger partial charge >= 0.3 is 0 Å². The second kappa shape index (κ2) is 4.27. The van der Waals surface area contributed by atoms with Crippen molar-refractivity contribution >= 4 is 0 Å². The van der Waals surface area contributed by atoms with Gasteiger partial charge in [0, 0.05) is 6.61 Å². The molecule has 1 rings (SSSR count). The summed E-state index contributed by atoms with van der Waals surface area (Å²) in [5.41, 5.74) is 0.309. The Bertz CT molecular complexity index is 121. The summed E-state index contributed by atoms with van der Waals surface area (Å²) in [6.07, 6.45) is 7.65. The van der Waals surface area contributed by atoms with Gasteiger partial charge in [0.25, 0.3) is 0 Å². The van der Waals surface area contributed by atoms with Crippen LogP contribution >= 0.6 is 0 Å². The second-order valence-corrected chi connectivity index (χ2v) is 4.24. The number of hydrogen-bond acceptors (Lipinski definition) is 1. The van der Waals surface area contributed by atoms with Crippen molar-refractivity contribution in [1.82, 2.24) is 0 Å². The molecule has 0 radical (unpaired) electrons. The van der Waals surface area contributed by atoms with Crippen LogP contribution in [0.1, 0.15) is 52.4 Å². The van der Waals surface area contributed by atoms with Crippen molar-refractivity contribution in [1.29, 1.82) is 0 Å². The monoisotopic (exact) mass is 170 g/mol. The molecular formula is C11H22O. The van der Waals surface area contributed by atoms with Crippen molar-refractivity contribution in [3.63, 3.8) is 0 Å². The van der Waals surface area contributed by atoms with Gasteiger partial charge in [0.05, 0.1) is 0 Å². The molecule has 0 aromatic carbocycles. The molecule has 1 N–H and O–H groups in total. The first-order chi connectivity index (χ1) is 5.79. The number of aliphatic hydroxyl groups is 1. The Morgan fingerprint density at radius 3 is 2.00 bits per heavy atom. The molecule has 0 spiro atoms. The van der Waals surface area contributed by atoms with E-state index in [1.807, 2.05) is 0 Å². The van der Waals surface area contributed by atoms with E-state index in [0.717, 1.165) is 5.92 Å². The van der Waals surface area contributed by atoms with E-state index in [-0.39, 0.29) is 0 Å². The Kier molecular flexibility index (Phi) is 3.57. The zero-order valence-electron chi connectivity index (χ0n) is 8.47. The van der Waals surface area contributed by atoms with E-state index in [9.17, 15) is 5.11 Å². The van der Waals surface area contributed by atoms with E-state index in [1.54, 1.807) is 0 Å². The normalized spacial score (nSPS) is 22.0. The fourth-order valence-corrected chi connectivity index (χ4v) is 2.93. The fraction of sp³-hybridized carbons (Fsp3) is 1.00. The largest absolute Gasteiger partial charge is 0.396 e. The average Bonchev–Trinajstić information content (AvgIpc) is 2.56. The molecule has 0 aliphatic heterocycles. The highest BCUT2D eigenvalue weighted by Crippen LogP contribution is 2.46. The Balaban J connectivity index is 2.63. The fourth-order valence-electron chi connectivity index (χ4n) is 2.93. The minimum Gasteiger partial charge on any atom is -0.396 e. The maximum Gasteiger partial charge on any atom is 0.0490 e. The summed E-state index contributed by atoms with van der Waals surface area (Å²) < 4.78 is 0. The smallest absolute Gasteiger partial charge is 0.0490 e. The molecule has 72 valence electrons. The van der Waals surface area contributed by atoms with E-state index in [0.29, 0.717) is 12.0 Å². The number of hydrogen-bond donors (Lipinski definition) is 1. The predicted octanol–water partition coefficient (Wildman–Crippen LogP) is 2.98. The lowest BCUT2D eigenvalue weighted by molar-refractivity contribution is 0.0615. The summed E-state index contributed by atoms with van der Waals surface area (Å²) in [5, 5.41) is 9.45. The molecule has 0 atom stereocenters. The standard InChI is InChI=1S/C11H22O/c1-3-10(4-2)11(9-12)7-5-6-8-11/h10,12H,3-9H2,1-2H3. The summed E-state index contributed by atoms with van der Waals surface area (Å²) in [6, 6.07) is 0. The summed E-state index contributed by atoms with van der Waals surface area (Å²) in [5.74, 6) is 0.755. The topological polar surface area (TPSA) is 20.2 Å². The van der Waals surface area contributed by atoms with E-state index >= 15 is 0 Å². The molecule has 0 saturated heterocycles. The number of rotatable bonds is 4. The predicted molar refractivity (Wildman–Crippen MR) is 52.1 cm³/mol. The van der Waals surface area contributed by atoms with Gasteiger partial charge in [0.15, 0.2) is 0 Å². The molecular weight excluding hydrogens is 148 g/mol. The van der Waals surface area contributed by atoms with Crippen LogP contribution in [0.2, 0.25) is 0 Å². The van der Waals surface area contributed by atoms with E-state index in [2.05, 4.69) is 13.8 Å². The Morgan fingerprint density at radius 2 is 1.67 bits per heavy atom. The van der Waals surface area contributed by atoms with Crippen molar-refractivity contribution in [3.05, 3.63) is 0 Å². The van der Waals surface area contributed by atoms with Crippen molar-refractivity contribution in [2.75, 3.05) is 6.61 Å². The summed E-state index contributed by atoms with van der Waals surface area (Å²) in [7, 11) is 0. The minimum atomic E-state index is 0.309.